The third-order valence-electron chi connectivity index (χ3n) is 9.50. The molecule has 0 amide bonds. The van der Waals surface area contributed by atoms with Gasteiger partial charge in [0.1, 0.15) is 0 Å². The summed E-state index contributed by atoms with van der Waals surface area (Å²) in [6.07, 6.45) is 14.7. The maximum atomic E-state index is 10.5. The number of fused-ring (bicyclic) bond motifs is 1. The molecule has 0 saturated heterocycles. The van der Waals surface area contributed by atoms with E-state index in [0.717, 1.165) is 49.7 Å². The van der Waals surface area contributed by atoms with Crippen molar-refractivity contribution in [3.63, 3.8) is 0 Å². The minimum absolute atomic E-state index is 0.296. The van der Waals surface area contributed by atoms with Gasteiger partial charge in [0, 0.05) is 18.8 Å². The molecular weight excluding hydrogens is 420 g/mol. The van der Waals surface area contributed by atoms with Gasteiger partial charge in [-0.15, -0.1) is 5.92 Å². The second kappa shape index (κ2) is 11.6. The lowest BCUT2D eigenvalue weighted by Gasteiger charge is -2.43. The van der Waals surface area contributed by atoms with E-state index in [1.54, 1.807) is 0 Å². The first kappa shape index (κ1) is 27.3. The van der Waals surface area contributed by atoms with Crippen LogP contribution >= 0.6 is 0 Å². The van der Waals surface area contributed by atoms with Crippen LogP contribution in [-0.2, 0) is 0 Å². The highest BCUT2D eigenvalue weighted by Crippen LogP contribution is 2.59. The number of hydrogen-bond acceptors (Lipinski definition) is 3. The van der Waals surface area contributed by atoms with Crippen LogP contribution in [0.2, 0.25) is 0 Å². The van der Waals surface area contributed by atoms with Crippen molar-refractivity contribution in [3.05, 3.63) is 35.5 Å². The second-order valence-electron chi connectivity index (χ2n) is 11.6. The van der Waals surface area contributed by atoms with Crippen molar-refractivity contribution in [2.24, 2.45) is 23.2 Å². The summed E-state index contributed by atoms with van der Waals surface area (Å²) in [7, 11) is 0. The zero-order valence-corrected chi connectivity index (χ0v) is 22.1. The molecule has 0 spiro atoms. The molecule has 3 nitrogen and oxygen atoms in total. The zero-order chi connectivity index (χ0) is 24.9. The first-order valence-corrected chi connectivity index (χ1v) is 13.8. The normalized spacial score (nSPS) is 35.2. The van der Waals surface area contributed by atoms with Crippen molar-refractivity contribution in [2.45, 2.75) is 123 Å². The van der Waals surface area contributed by atoms with E-state index in [9.17, 15) is 15.3 Å². The highest BCUT2D eigenvalue weighted by Gasteiger charge is 2.50. The van der Waals surface area contributed by atoms with Crippen LogP contribution in [0.15, 0.2) is 35.5 Å². The van der Waals surface area contributed by atoms with E-state index < -0.39 is 17.8 Å². The van der Waals surface area contributed by atoms with Gasteiger partial charge < -0.3 is 15.3 Å². The Kier molecular flexibility index (Phi) is 9.29. The fraction of sp³-hybridized carbons (Fsp3) is 0.742. The average molecular weight is 469 g/mol. The summed E-state index contributed by atoms with van der Waals surface area (Å²) in [5.74, 6) is 8.65. The molecule has 3 aliphatic rings. The molecule has 6 atom stereocenters. The smallest absolute Gasteiger partial charge is 0.0811 e. The molecule has 0 aromatic rings. The fourth-order valence-electron chi connectivity index (χ4n) is 7.01. The Morgan fingerprint density at radius 3 is 2.65 bits per heavy atom. The monoisotopic (exact) mass is 468 g/mol. The standard InChI is InChI=1S/C31H48O3/c1-6-31(34,7-2)19-10-8-9-12-22(3)27-16-17-28-24(13-11-18-30(27,28)5)14-15-25-20-26(32)21-29(33)23(25)4/h14-15,22,26-29,32-34H,4,6-8,10-11,13,16-21H2,1-3,5H3/t22?,26-,27?,28+,29+,30-/m1/s1. The Morgan fingerprint density at radius 1 is 1.21 bits per heavy atom. The fourth-order valence-corrected chi connectivity index (χ4v) is 7.01. The minimum Gasteiger partial charge on any atom is -0.393 e. The van der Waals surface area contributed by atoms with Crippen molar-refractivity contribution < 1.29 is 15.3 Å². The lowest BCUT2D eigenvalue weighted by molar-refractivity contribution is 0.0221. The largest absolute Gasteiger partial charge is 0.393 e. The average Bonchev–Trinajstić information content (AvgIpc) is 3.17. The van der Waals surface area contributed by atoms with Crippen molar-refractivity contribution in [3.8, 4) is 11.8 Å². The lowest BCUT2D eigenvalue weighted by Crippen LogP contribution is -2.35. The van der Waals surface area contributed by atoms with Crippen molar-refractivity contribution in [1.82, 2.24) is 0 Å². The molecule has 0 heterocycles. The van der Waals surface area contributed by atoms with Gasteiger partial charge in [0.2, 0.25) is 0 Å². The number of unbranched alkanes of at least 4 members (excludes halogenated alkanes) is 1. The quantitative estimate of drug-likeness (QED) is 0.296. The summed E-state index contributed by atoms with van der Waals surface area (Å²) in [5, 5.41) is 30.7. The van der Waals surface area contributed by atoms with E-state index in [1.807, 2.05) is 0 Å². The summed E-state index contributed by atoms with van der Waals surface area (Å²) in [5.41, 5.74) is 3.08. The van der Waals surface area contributed by atoms with Gasteiger partial charge in [0.05, 0.1) is 17.8 Å². The summed E-state index contributed by atoms with van der Waals surface area (Å²) < 4.78 is 0. The van der Waals surface area contributed by atoms with E-state index in [4.69, 9.17) is 0 Å². The van der Waals surface area contributed by atoms with Crippen LogP contribution in [0.3, 0.4) is 0 Å². The summed E-state index contributed by atoms with van der Waals surface area (Å²) in [4.78, 5) is 0. The molecule has 34 heavy (non-hydrogen) atoms. The molecule has 2 unspecified atom stereocenters. The molecule has 3 rings (SSSR count). The third kappa shape index (κ3) is 6.07. The first-order chi connectivity index (χ1) is 16.1. The lowest BCUT2D eigenvalue weighted by atomic mass is 9.61. The number of aliphatic hydroxyl groups is 3. The van der Waals surface area contributed by atoms with Crippen LogP contribution in [0.5, 0.6) is 0 Å². The maximum absolute atomic E-state index is 10.5. The van der Waals surface area contributed by atoms with Gasteiger partial charge in [-0.1, -0.05) is 57.9 Å². The molecule has 3 fully saturated rings. The predicted molar refractivity (Wildman–Crippen MR) is 141 cm³/mol. The van der Waals surface area contributed by atoms with Gasteiger partial charge in [0.15, 0.2) is 0 Å². The molecule has 0 aliphatic heterocycles. The van der Waals surface area contributed by atoms with Gasteiger partial charge >= 0.3 is 0 Å². The molecule has 3 heteroatoms. The molecular formula is C31H48O3. The van der Waals surface area contributed by atoms with E-state index >= 15 is 0 Å². The Labute approximate surface area is 208 Å². The summed E-state index contributed by atoms with van der Waals surface area (Å²) in [6, 6.07) is 0. The number of allylic oxidation sites excluding steroid dienone is 3. The topological polar surface area (TPSA) is 60.7 Å². The SMILES string of the molecule is C=C1C(=CC=C2CCC[C@]3(C)C(C(C)C#CCCCC(O)(CC)CC)CC[C@@H]23)C[C@@H](O)C[C@@H]1O. The van der Waals surface area contributed by atoms with Gasteiger partial charge in [-0.3, -0.25) is 0 Å². The van der Waals surface area contributed by atoms with Crippen molar-refractivity contribution >= 4 is 0 Å². The van der Waals surface area contributed by atoms with E-state index in [-0.39, 0.29) is 0 Å². The van der Waals surface area contributed by atoms with Crippen molar-refractivity contribution in [2.75, 3.05) is 0 Å². The molecule has 3 saturated carbocycles. The Morgan fingerprint density at radius 2 is 1.94 bits per heavy atom. The van der Waals surface area contributed by atoms with E-state index in [0.29, 0.717) is 36.0 Å². The molecule has 0 bridgehead atoms. The highest BCUT2D eigenvalue weighted by molar-refractivity contribution is 5.38. The third-order valence-corrected chi connectivity index (χ3v) is 9.50. The summed E-state index contributed by atoms with van der Waals surface area (Å²) in [6.45, 7) is 13.0. The van der Waals surface area contributed by atoms with E-state index in [2.05, 4.69) is 58.3 Å². The van der Waals surface area contributed by atoms with Gasteiger partial charge in [-0.2, -0.15) is 0 Å². The molecule has 0 aromatic heterocycles. The molecule has 3 N–H and O–H groups in total. The number of hydrogen-bond donors (Lipinski definition) is 3. The van der Waals surface area contributed by atoms with Gasteiger partial charge in [-0.05, 0) is 92.6 Å². The number of aliphatic hydroxyl groups excluding tert-OH is 2. The highest BCUT2D eigenvalue weighted by atomic mass is 16.3. The molecule has 190 valence electrons. The van der Waals surface area contributed by atoms with Crippen LogP contribution in [0, 0.1) is 35.0 Å². The molecule has 3 aliphatic carbocycles. The Bertz CT molecular complexity index is 836. The van der Waals surface area contributed by atoms with Crippen LogP contribution in [-0.4, -0.2) is 33.1 Å². The minimum atomic E-state index is -0.627. The van der Waals surface area contributed by atoms with E-state index in [1.165, 1.54) is 31.3 Å². The van der Waals surface area contributed by atoms with Crippen LogP contribution in [0.4, 0.5) is 0 Å². The zero-order valence-electron chi connectivity index (χ0n) is 22.1. The van der Waals surface area contributed by atoms with Gasteiger partial charge in [-0.25, -0.2) is 0 Å². The first-order valence-electron chi connectivity index (χ1n) is 13.8. The van der Waals surface area contributed by atoms with Crippen LogP contribution in [0.25, 0.3) is 0 Å². The Hall–Kier alpha value is -1.34. The maximum Gasteiger partial charge on any atom is 0.0811 e. The molecule has 0 aromatic carbocycles. The molecule has 0 radical (unpaired) electrons. The van der Waals surface area contributed by atoms with Crippen LogP contribution in [0.1, 0.15) is 105 Å². The van der Waals surface area contributed by atoms with Gasteiger partial charge in [0.25, 0.3) is 0 Å². The predicted octanol–water partition coefficient (Wildman–Crippen LogP) is 6.49. The number of rotatable bonds is 7. The summed E-state index contributed by atoms with van der Waals surface area (Å²) >= 11 is 0. The second-order valence-corrected chi connectivity index (χ2v) is 11.6. The van der Waals surface area contributed by atoms with Crippen molar-refractivity contribution in [1.29, 1.82) is 0 Å². The van der Waals surface area contributed by atoms with Crippen LogP contribution < -0.4 is 0 Å². The Balaban J connectivity index is 1.64.